The normalized spacial score (nSPS) is 10.5. The maximum Gasteiger partial charge on any atom is 0.128 e. The van der Waals surface area contributed by atoms with Crippen molar-refractivity contribution in [3.05, 3.63) is 58.4 Å². The van der Waals surface area contributed by atoms with Crippen LogP contribution < -0.4 is 5.32 Å². The molecule has 2 N–H and O–H groups in total. The van der Waals surface area contributed by atoms with E-state index in [0.29, 0.717) is 17.9 Å². The topological polar surface area (TPSA) is 32.3 Å². The molecule has 19 heavy (non-hydrogen) atoms. The highest BCUT2D eigenvalue weighted by Gasteiger charge is 2.05. The van der Waals surface area contributed by atoms with E-state index in [0.717, 1.165) is 22.4 Å². The molecule has 0 heterocycles. The number of anilines is 1. The number of rotatable bonds is 3. The van der Waals surface area contributed by atoms with E-state index in [1.165, 1.54) is 6.07 Å². The van der Waals surface area contributed by atoms with Gasteiger partial charge >= 0.3 is 0 Å². The first kappa shape index (κ1) is 13.4. The number of aromatic hydroxyl groups is 1. The number of hydrogen-bond acceptors (Lipinski definition) is 2. The largest absolute Gasteiger partial charge is 0.507 e. The minimum Gasteiger partial charge on any atom is -0.507 e. The summed E-state index contributed by atoms with van der Waals surface area (Å²) >= 11 is 0. The monoisotopic (exact) mass is 259 g/mol. The van der Waals surface area contributed by atoms with Gasteiger partial charge in [0.1, 0.15) is 11.6 Å². The van der Waals surface area contributed by atoms with E-state index in [-0.39, 0.29) is 5.82 Å². The first-order valence-electron chi connectivity index (χ1n) is 6.27. The molecule has 0 bridgehead atoms. The second-order valence-corrected chi connectivity index (χ2v) is 4.84. The summed E-state index contributed by atoms with van der Waals surface area (Å²) in [4.78, 5) is 0. The second-order valence-electron chi connectivity index (χ2n) is 4.84. The molecule has 0 aromatic heterocycles. The molecule has 0 unspecified atom stereocenters. The molecule has 0 aliphatic carbocycles. The Balaban J connectivity index is 2.17. The zero-order chi connectivity index (χ0) is 14.0. The third-order valence-corrected chi connectivity index (χ3v) is 3.30. The highest BCUT2D eigenvalue weighted by molar-refractivity contribution is 5.52. The summed E-state index contributed by atoms with van der Waals surface area (Å²) in [6.45, 7) is 6.11. The number of phenols is 1. The molecular weight excluding hydrogens is 241 g/mol. The second kappa shape index (κ2) is 5.31. The van der Waals surface area contributed by atoms with Crippen molar-refractivity contribution in [3.8, 4) is 5.75 Å². The Morgan fingerprint density at radius 1 is 1.11 bits per heavy atom. The van der Waals surface area contributed by atoms with Crippen LogP contribution in [-0.2, 0) is 6.54 Å². The van der Waals surface area contributed by atoms with Crippen molar-refractivity contribution in [3.63, 3.8) is 0 Å². The molecule has 100 valence electrons. The van der Waals surface area contributed by atoms with E-state index in [1.54, 1.807) is 13.0 Å². The van der Waals surface area contributed by atoms with Gasteiger partial charge in [-0.05, 0) is 49.6 Å². The number of aryl methyl sites for hydroxylation is 2. The van der Waals surface area contributed by atoms with Crippen LogP contribution in [0.1, 0.15) is 22.3 Å². The lowest BCUT2D eigenvalue weighted by Gasteiger charge is -2.12. The van der Waals surface area contributed by atoms with Gasteiger partial charge in [0, 0.05) is 17.8 Å². The fraction of sp³-hybridized carbons (Fsp3) is 0.250. The molecule has 0 aliphatic rings. The first-order valence-corrected chi connectivity index (χ1v) is 6.27. The van der Waals surface area contributed by atoms with Gasteiger partial charge in [-0.25, -0.2) is 4.39 Å². The average Bonchev–Trinajstić information content (AvgIpc) is 2.37. The third-order valence-electron chi connectivity index (χ3n) is 3.30. The van der Waals surface area contributed by atoms with Crippen LogP contribution in [0.5, 0.6) is 5.75 Å². The summed E-state index contributed by atoms with van der Waals surface area (Å²) in [5.41, 5.74) is 4.19. The van der Waals surface area contributed by atoms with Gasteiger partial charge in [0.25, 0.3) is 0 Å². The zero-order valence-electron chi connectivity index (χ0n) is 11.4. The Labute approximate surface area is 112 Å². The lowest BCUT2D eigenvalue weighted by atomic mass is 10.1. The number of phenolic OH excluding ortho intramolecular Hbond substituents is 1. The highest BCUT2D eigenvalue weighted by Crippen LogP contribution is 2.24. The smallest absolute Gasteiger partial charge is 0.128 e. The Kier molecular flexibility index (Phi) is 3.74. The van der Waals surface area contributed by atoms with Gasteiger partial charge in [0.15, 0.2) is 0 Å². The van der Waals surface area contributed by atoms with Gasteiger partial charge in [0.2, 0.25) is 0 Å². The molecule has 0 radical (unpaired) electrons. The Hall–Kier alpha value is -2.03. The number of hydrogen-bond donors (Lipinski definition) is 2. The van der Waals surface area contributed by atoms with Crippen LogP contribution in [0.25, 0.3) is 0 Å². The summed E-state index contributed by atoms with van der Waals surface area (Å²) in [7, 11) is 0. The molecule has 0 aliphatic heterocycles. The van der Waals surface area contributed by atoms with Gasteiger partial charge in [0.05, 0.1) is 0 Å². The van der Waals surface area contributed by atoms with Crippen LogP contribution in [0.2, 0.25) is 0 Å². The molecule has 0 saturated carbocycles. The van der Waals surface area contributed by atoms with Crippen molar-refractivity contribution in [1.29, 1.82) is 0 Å². The van der Waals surface area contributed by atoms with Crippen LogP contribution in [0.4, 0.5) is 10.1 Å². The SMILES string of the molecule is Cc1cc(CNc2cccc(F)c2C)cc(C)c1O. The first-order chi connectivity index (χ1) is 8.99. The predicted octanol–water partition coefficient (Wildman–Crippen LogP) is 4.07. The van der Waals surface area contributed by atoms with Crippen molar-refractivity contribution in [2.24, 2.45) is 0 Å². The summed E-state index contributed by atoms with van der Waals surface area (Å²) in [5, 5.41) is 12.9. The Morgan fingerprint density at radius 3 is 2.37 bits per heavy atom. The molecule has 2 rings (SSSR count). The maximum atomic E-state index is 13.4. The number of halogens is 1. The molecule has 3 heteroatoms. The summed E-state index contributed by atoms with van der Waals surface area (Å²) < 4.78 is 13.4. The van der Waals surface area contributed by atoms with Crippen LogP contribution >= 0.6 is 0 Å². The van der Waals surface area contributed by atoms with E-state index < -0.39 is 0 Å². The van der Waals surface area contributed by atoms with Crippen LogP contribution in [0.3, 0.4) is 0 Å². The van der Waals surface area contributed by atoms with E-state index in [1.807, 2.05) is 32.0 Å². The van der Waals surface area contributed by atoms with Crippen molar-refractivity contribution >= 4 is 5.69 Å². The summed E-state index contributed by atoms with van der Waals surface area (Å²) in [5.74, 6) is 0.133. The number of nitrogens with one attached hydrogen (secondary N) is 1. The molecule has 2 nitrogen and oxygen atoms in total. The van der Waals surface area contributed by atoms with Crippen molar-refractivity contribution in [1.82, 2.24) is 0 Å². The van der Waals surface area contributed by atoms with E-state index in [9.17, 15) is 9.50 Å². The quantitative estimate of drug-likeness (QED) is 0.871. The molecule has 0 saturated heterocycles. The highest BCUT2D eigenvalue weighted by atomic mass is 19.1. The lowest BCUT2D eigenvalue weighted by molar-refractivity contribution is 0.466. The standard InChI is InChI=1S/C16H18FNO/c1-10-7-13(8-11(2)16(10)19)9-18-15-6-4-5-14(17)12(15)3/h4-8,18-19H,9H2,1-3H3. The molecule has 0 amide bonds. The molecule has 2 aromatic carbocycles. The minimum absolute atomic E-state index is 0.205. The molecule has 2 aromatic rings. The average molecular weight is 259 g/mol. The van der Waals surface area contributed by atoms with E-state index >= 15 is 0 Å². The molecule has 0 fully saturated rings. The molecular formula is C16H18FNO. The van der Waals surface area contributed by atoms with Crippen LogP contribution in [0.15, 0.2) is 30.3 Å². The lowest BCUT2D eigenvalue weighted by Crippen LogP contribution is -2.02. The van der Waals surface area contributed by atoms with Crippen LogP contribution in [0, 0.1) is 26.6 Å². The Bertz CT molecular complexity index is 585. The van der Waals surface area contributed by atoms with Crippen molar-refractivity contribution in [2.75, 3.05) is 5.32 Å². The van der Waals surface area contributed by atoms with Crippen molar-refractivity contribution < 1.29 is 9.50 Å². The van der Waals surface area contributed by atoms with Gasteiger partial charge in [-0.15, -0.1) is 0 Å². The summed E-state index contributed by atoms with van der Waals surface area (Å²) in [6.07, 6.45) is 0. The number of benzene rings is 2. The van der Waals surface area contributed by atoms with Gasteiger partial charge < -0.3 is 10.4 Å². The van der Waals surface area contributed by atoms with Gasteiger partial charge in [-0.3, -0.25) is 0 Å². The predicted molar refractivity (Wildman–Crippen MR) is 76.0 cm³/mol. The molecule has 0 atom stereocenters. The fourth-order valence-electron chi connectivity index (χ4n) is 2.14. The van der Waals surface area contributed by atoms with E-state index in [2.05, 4.69) is 5.32 Å². The van der Waals surface area contributed by atoms with Crippen LogP contribution in [-0.4, -0.2) is 5.11 Å². The minimum atomic E-state index is -0.205. The summed E-state index contributed by atoms with van der Waals surface area (Å²) in [6, 6.07) is 8.87. The van der Waals surface area contributed by atoms with Crippen molar-refractivity contribution in [2.45, 2.75) is 27.3 Å². The third kappa shape index (κ3) is 2.87. The maximum absolute atomic E-state index is 13.4. The van der Waals surface area contributed by atoms with Gasteiger partial charge in [-0.2, -0.15) is 0 Å². The zero-order valence-corrected chi connectivity index (χ0v) is 11.4. The van der Waals surface area contributed by atoms with Gasteiger partial charge in [-0.1, -0.05) is 18.2 Å². The van der Waals surface area contributed by atoms with E-state index in [4.69, 9.17) is 0 Å². The molecule has 0 spiro atoms. The Morgan fingerprint density at radius 2 is 1.74 bits per heavy atom. The fourth-order valence-corrected chi connectivity index (χ4v) is 2.14.